The maximum atomic E-state index is 12.7. The van der Waals surface area contributed by atoms with Gasteiger partial charge in [0.25, 0.3) is 0 Å². The summed E-state index contributed by atoms with van der Waals surface area (Å²) < 4.78 is 29.7. The van der Waals surface area contributed by atoms with Crippen molar-refractivity contribution >= 4 is 23.2 Å². The van der Waals surface area contributed by atoms with E-state index in [0.717, 1.165) is 17.7 Å². The van der Waals surface area contributed by atoms with Gasteiger partial charge in [0.05, 0.1) is 18.3 Å². The number of carbonyl (C=O) groups excluding carboxylic acids is 2. The molecule has 0 bridgehead atoms. The minimum atomic E-state index is -2.97. The molecule has 1 heterocycles. The number of benzene rings is 2. The van der Waals surface area contributed by atoms with E-state index in [1.807, 2.05) is 36.1 Å². The smallest absolute Gasteiger partial charge is 0.387 e. The molecule has 2 aromatic carbocycles. The van der Waals surface area contributed by atoms with Crippen LogP contribution in [-0.4, -0.2) is 67.0 Å². The lowest BCUT2D eigenvalue weighted by atomic mass is 10.1. The second-order valence-corrected chi connectivity index (χ2v) is 7.91. The summed E-state index contributed by atoms with van der Waals surface area (Å²) in [5, 5.41) is 5.66. The molecule has 2 aromatic rings. The van der Waals surface area contributed by atoms with E-state index < -0.39 is 12.7 Å². The minimum absolute atomic E-state index is 0.0641. The summed E-state index contributed by atoms with van der Waals surface area (Å²) in [7, 11) is 0. The first-order valence-electron chi connectivity index (χ1n) is 11.1. The number of piperazine rings is 1. The lowest BCUT2D eigenvalue weighted by molar-refractivity contribution is -0.122. The number of hydrogen-bond acceptors (Lipinski definition) is 5. The molecule has 3 rings (SSSR count). The van der Waals surface area contributed by atoms with Gasteiger partial charge in [-0.1, -0.05) is 37.3 Å². The highest BCUT2D eigenvalue weighted by Crippen LogP contribution is 2.26. The molecule has 178 valence electrons. The molecule has 2 amide bonds. The van der Waals surface area contributed by atoms with Gasteiger partial charge in [-0.25, -0.2) is 0 Å². The number of para-hydroxylation sites is 3. The fourth-order valence-corrected chi connectivity index (χ4v) is 3.82. The largest absolute Gasteiger partial charge is 0.433 e. The number of nitrogens with zero attached hydrogens (tertiary/aromatic N) is 2. The standard InChI is InChI=1S/C24H30F2N4O3/c1-3-18-8-4-5-9-19(18)27-22(31)16-29-12-14-30(15-13-29)17(2)23(32)28-20-10-6-7-11-21(20)33-24(25)26/h4-11,17,24H,3,12-16H2,1-2H3,(H,27,31)(H,28,32). The second-order valence-electron chi connectivity index (χ2n) is 7.91. The molecule has 1 aliphatic heterocycles. The highest BCUT2D eigenvalue weighted by atomic mass is 19.3. The van der Waals surface area contributed by atoms with Gasteiger partial charge in [0.1, 0.15) is 5.75 Å². The number of alkyl halides is 2. The van der Waals surface area contributed by atoms with Gasteiger partial charge in [0.15, 0.2) is 0 Å². The third-order valence-electron chi connectivity index (χ3n) is 5.73. The van der Waals surface area contributed by atoms with Gasteiger partial charge < -0.3 is 15.4 Å². The molecule has 0 spiro atoms. The van der Waals surface area contributed by atoms with Crippen LogP contribution >= 0.6 is 0 Å². The first-order chi connectivity index (χ1) is 15.9. The van der Waals surface area contributed by atoms with Crippen LogP contribution < -0.4 is 15.4 Å². The number of hydrogen-bond donors (Lipinski definition) is 2. The van der Waals surface area contributed by atoms with E-state index in [2.05, 4.69) is 20.3 Å². The van der Waals surface area contributed by atoms with E-state index in [1.165, 1.54) is 12.1 Å². The van der Waals surface area contributed by atoms with E-state index in [9.17, 15) is 18.4 Å². The zero-order valence-corrected chi connectivity index (χ0v) is 18.9. The number of aryl methyl sites for hydroxylation is 1. The SMILES string of the molecule is CCc1ccccc1NC(=O)CN1CCN(C(C)C(=O)Nc2ccccc2OC(F)F)CC1. The molecule has 9 heteroatoms. The molecule has 7 nitrogen and oxygen atoms in total. The number of halogens is 2. The van der Waals surface area contributed by atoms with Crippen LogP contribution in [0.1, 0.15) is 19.4 Å². The lowest BCUT2D eigenvalue weighted by Gasteiger charge is -2.37. The van der Waals surface area contributed by atoms with E-state index in [4.69, 9.17) is 0 Å². The summed E-state index contributed by atoms with van der Waals surface area (Å²) in [5.74, 6) is -0.443. The van der Waals surface area contributed by atoms with Crippen molar-refractivity contribution in [2.24, 2.45) is 0 Å². The third-order valence-corrected chi connectivity index (χ3v) is 5.73. The topological polar surface area (TPSA) is 73.9 Å². The van der Waals surface area contributed by atoms with Gasteiger partial charge >= 0.3 is 6.61 Å². The van der Waals surface area contributed by atoms with Crippen LogP contribution in [0, 0.1) is 0 Å². The minimum Gasteiger partial charge on any atom is -0.433 e. The predicted molar refractivity (Wildman–Crippen MR) is 124 cm³/mol. The van der Waals surface area contributed by atoms with Crippen molar-refractivity contribution in [3.05, 3.63) is 54.1 Å². The molecule has 1 atom stereocenters. The fourth-order valence-electron chi connectivity index (χ4n) is 3.82. The zero-order valence-electron chi connectivity index (χ0n) is 18.9. The molecule has 33 heavy (non-hydrogen) atoms. The molecule has 1 aliphatic rings. The van der Waals surface area contributed by atoms with Crippen molar-refractivity contribution < 1.29 is 23.1 Å². The number of amides is 2. The molecule has 0 radical (unpaired) electrons. The average Bonchev–Trinajstić information content (AvgIpc) is 2.80. The normalized spacial score (nSPS) is 15.8. The number of nitrogens with one attached hydrogen (secondary N) is 2. The molecular weight excluding hydrogens is 430 g/mol. The molecule has 1 fully saturated rings. The number of carbonyl (C=O) groups is 2. The third kappa shape index (κ3) is 6.97. The maximum Gasteiger partial charge on any atom is 0.387 e. The van der Waals surface area contributed by atoms with Gasteiger partial charge in [-0.15, -0.1) is 0 Å². The highest BCUT2D eigenvalue weighted by Gasteiger charge is 2.27. The quantitative estimate of drug-likeness (QED) is 0.600. The Kier molecular flexibility index (Phi) is 8.73. The van der Waals surface area contributed by atoms with Gasteiger partial charge in [0, 0.05) is 31.9 Å². The van der Waals surface area contributed by atoms with E-state index in [-0.39, 0.29) is 29.8 Å². The summed E-state index contributed by atoms with van der Waals surface area (Å²) in [4.78, 5) is 29.2. The van der Waals surface area contributed by atoms with Gasteiger partial charge in [-0.2, -0.15) is 8.78 Å². The van der Waals surface area contributed by atoms with Crippen molar-refractivity contribution in [3.8, 4) is 5.75 Å². The maximum absolute atomic E-state index is 12.7. The zero-order chi connectivity index (χ0) is 23.8. The van der Waals surface area contributed by atoms with Crippen LogP contribution in [0.3, 0.4) is 0 Å². The molecule has 1 unspecified atom stereocenters. The van der Waals surface area contributed by atoms with Crippen molar-refractivity contribution in [2.75, 3.05) is 43.4 Å². The van der Waals surface area contributed by atoms with Crippen molar-refractivity contribution in [1.82, 2.24) is 9.80 Å². The first kappa shape index (κ1) is 24.6. The Bertz CT molecular complexity index is 949. The Morgan fingerprint density at radius 1 is 0.970 bits per heavy atom. The van der Waals surface area contributed by atoms with Gasteiger partial charge in [-0.3, -0.25) is 19.4 Å². The number of anilines is 2. The molecule has 2 N–H and O–H groups in total. The van der Waals surface area contributed by atoms with E-state index in [1.54, 1.807) is 19.1 Å². The summed E-state index contributed by atoms with van der Waals surface area (Å²) in [6.45, 7) is 3.65. The molecule has 1 saturated heterocycles. The van der Waals surface area contributed by atoms with Crippen molar-refractivity contribution in [2.45, 2.75) is 32.9 Å². The van der Waals surface area contributed by atoms with Crippen LogP contribution in [0.15, 0.2) is 48.5 Å². The molecule has 0 aromatic heterocycles. The Hall–Kier alpha value is -3.04. The molecular formula is C24H30F2N4O3. The summed E-state index contributed by atoms with van der Waals surface area (Å²) >= 11 is 0. The van der Waals surface area contributed by atoms with Crippen LogP contribution in [0.4, 0.5) is 20.2 Å². The predicted octanol–water partition coefficient (Wildman–Crippen LogP) is 3.43. The molecule has 0 saturated carbocycles. The number of rotatable bonds is 9. The lowest BCUT2D eigenvalue weighted by Crippen LogP contribution is -2.53. The molecule has 0 aliphatic carbocycles. The average molecular weight is 461 g/mol. The Labute approximate surface area is 192 Å². The Morgan fingerprint density at radius 2 is 1.61 bits per heavy atom. The first-order valence-corrected chi connectivity index (χ1v) is 11.1. The highest BCUT2D eigenvalue weighted by molar-refractivity contribution is 5.96. The van der Waals surface area contributed by atoms with Crippen molar-refractivity contribution in [3.63, 3.8) is 0 Å². The van der Waals surface area contributed by atoms with Gasteiger partial charge in [-0.05, 0) is 37.1 Å². The Balaban J connectivity index is 1.48. The van der Waals surface area contributed by atoms with Crippen LogP contribution in [0.2, 0.25) is 0 Å². The fraction of sp³-hybridized carbons (Fsp3) is 0.417. The summed E-state index contributed by atoms with van der Waals surface area (Å²) in [5.41, 5.74) is 2.14. The second kappa shape index (κ2) is 11.7. The summed E-state index contributed by atoms with van der Waals surface area (Å²) in [6, 6.07) is 13.4. The Morgan fingerprint density at radius 3 is 2.27 bits per heavy atom. The van der Waals surface area contributed by atoms with E-state index in [0.29, 0.717) is 26.2 Å². The summed E-state index contributed by atoms with van der Waals surface area (Å²) in [6.07, 6.45) is 0.841. The van der Waals surface area contributed by atoms with Crippen molar-refractivity contribution in [1.29, 1.82) is 0 Å². The number of ether oxygens (including phenoxy) is 1. The van der Waals surface area contributed by atoms with Gasteiger partial charge in [0.2, 0.25) is 11.8 Å². The van der Waals surface area contributed by atoms with Crippen LogP contribution in [-0.2, 0) is 16.0 Å². The van der Waals surface area contributed by atoms with Crippen LogP contribution in [0.5, 0.6) is 5.75 Å². The van der Waals surface area contributed by atoms with Crippen LogP contribution in [0.25, 0.3) is 0 Å². The monoisotopic (exact) mass is 460 g/mol. The van der Waals surface area contributed by atoms with E-state index >= 15 is 0 Å².